The molecule has 1 spiro atoms. The molecular formula is C30H41N5O5S. The first kappa shape index (κ1) is 29.4. The van der Waals surface area contributed by atoms with Gasteiger partial charge in [-0.2, -0.15) is 4.31 Å². The van der Waals surface area contributed by atoms with Crippen molar-refractivity contribution in [3.63, 3.8) is 0 Å². The number of piperidine rings is 1. The minimum Gasteiger partial charge on any atom is -0.324 e. The van der Waals surface area contributed by atoms with Crippen LogP contribution < -0.4 is 10.6 Å². The average Bonchev–Trinajstić information content (AvgIpc) is 3.31. The number of amidine groups is 1. The molecule has 3 fully saturated rings. The minimum absolute atomic E-state index is 0.0956. The van der Waals surface area contributed by atoms with Gasteiger partial charge in [-0.05, 0) is 87.6 Å². The molecule has 3 aliphatic heterocycles. The molecule has 3 heterocycles. The highest BCUT2D eigenvalue weighted by atomic mass is 32.2. The Bertz CT molecular complexity index is 1410. The van der Waals surface area contributed by atoms with E-state index in [0.29, 0.717) is 18.8 Å². The highest BCUT2D eigenvalue weighted by Gasteiger charge is 2.48. The van der Waals surface area contributed by atoms with Crippen LogP contribution in [0.25, 0.3) is 6.08 Å². The van der Waals surface area contributed by atoms with Crippen LogP contribution in [0.1, 0.15) is 81.5 Å². The predicted molar refractivity (Wildman–Crippen MR) is 157 cm³/mol. The molecule has 0 atom stereocenters. The van der Waals surface area contributed by atoms with Gasteiger partial charge in [0.25, 0.3) is 11.8 Å². The van der Waals surface area contributed by atoms with Gasteiger partial charge in [0.05, 0.1) is 6.54 Å². The van der Waals surface area contributed by atoms with Crippen molar-refractivity contribution in [1.82, 2.24) is 19.8 Å². The van der Waals surface area contributed by atoms with Crippen molar-refractivity contribution in [3.05, 3.63) is 39.8 Å². The fraction of sp³-hybridized carbons (Fsp3) is 0.600. The molecule has 0 unspecified atom stereocenters. The first-order chi connectivity index (χ1) is 19.2. The molecule has 1 aromatic carbocycles. The first-order valence-corrected chi connectivity index (χ1v) is 16.0. The maximum Gasteiger partial charge on any atom is 0.325 e. The number of nitrogens with zero attached hydrogens (tertiary/aromatic N) is 3. The van der Waals surface area contributed by atoms with Crippen LogP contribution in [-0.2, 0) is 26.2 Å². The number of benzene rings is 1. The molecule has 222 valence electrons. The van der Waals surface area contributed by atoms with E-state index in [2.05, 4.69) is 17.6 Å². The van der Waals surface area contributed by atoms with Crippen LogP contribution in [-0.4, -0.2) is 65.5 Å². The monoisotopic (exact) mass is 583 g/mol. The Morgan fingerprint density at radius 3 is 2.20 bits per heavy atom. The van der Waals surface area contributed by atoms with Crippen LogP contribution in [0.3, 0.4) is 0 Å². The largest absolute Gasteiger partial charge is 0.325 e. The van der Waals surface area contributed by atoms with Gasteiger partial charge in [0.1, 0.15) is 16.9 Å². The molecule has 10 nitrogen and oxygen atoms in total. The Hall–Kier alpha value is -3.05. The van der Waals surface area contributed by atoms with E-state index in [1.54, 1.807) is 19.9 Å². The lowest BCUT2D eigenvalue weighted by atomic mass is 9.82. The third-order valence-electron chi connectivity index (χ3n) is 9.16. The van der Waals surface area contributed by atoms with Crippen LogP contribution in [0.5, 0.6) is 0 Å². The summed E-state index contributed by atoms with van der Waals surface area (Å²) in [6.45, 7) is 9.97. The van der Waals surface area contributed by atoms with E-state index in [9.17, 15) is 22.8 Å². The summed E-state index contributed by atoms with van der Waals surface area (Å²) in [7, 11) is -3.71. The number of aliphatic imine (C=N–C) groups is 1. The van der Waals surface area contributed by atoms with Crippen LogP contribution in [0.2, 0.25) is 0 Å². The van der Waals surface area contributed by atoms with Gasteiger partial charge in [-0.25, -0.2) is 13.2 Å². The van der Waals surface area contributed by atoms with Crippen molar-refractivity contribution < 1.29 is 22.8 Å². The van der Waals surface area contributed by atoms with E-state index in [1.807, 2.05) is 26.0 Å². The quantitative estimate of drug-likeness (QED) is 0.495. The number of nitrogens with one attached hydrogen (secondary N) is 2. The fourth-order valence-electron chi connectivity index (χ4n) is 6.52. The number of urea groups is 1. The number of sulfonamides is 1. The van der Waals surface area contributed by atoms with Crippen LogP contribution in [0, 0.1) is 25.7 Å². The number of aryl methyl sites for hydroxylation is 2. The maximum atomic E-state index is 13.3. The molecular weight excluding hydrogens is 542 g/mol. The normalized spacial score (nSPS) is 26.5. The zero-order valence-electron chi connectivity index (χ0n) is 24.6. The van der Waals surface area contributed by atoms with E-state index >= 15 is 0 Å². The second-order valence-electron chi connectivity index (χ2n) is 12.8. The standard InChI is InChI=1S/C30H41N5O5S/c1-19-6-8-23(9-7-19)25-31-26(36)30(32-25)11-13-34(14-12-30)41(39,40)15-10-24-20(2)16-22(17-21(24)3)18-35-27(37)29(4,5)33-28(35)38/h10,15-17,19,23H,6-9,11-14,18H2,1-5H3,(H,33,38)(H,31,32,36). The molecule has 1 aliphatic carbocycles. The van der Waals surface area contributed by atoms with E-state index in [4.69, 9.17) is 4.99 Å². The summed E-state index contributed by atoms with van der Waals surface area (Å²) >= 11 is 0. The van der Waals surface area contributed by atoms with Crippen LogP contribution in [0.15, 0.2) is 22.5 Å². The van der Waals surface area contributed by atoms with Gasteiger partial charge in [-0.3, -0.25) is 19.5 Å². The average molecular weight is 584 g/mol. The Kier molecular flexibility index (Phi) is 7.65. The van der Waals surface area contributed by atoms with Crippen molar-refractivity contribution in [3.8, 4) is 0 Å². The summed E-state index contributed by atoms with van der Waals surface area (Å²) < 4.78 is 27.9. The Morgan fingerprint density at radius 2 is 1.63 bits per heavy atom. The summed E-state index contributed by atoms with van der Waals surface area (Å²) in [6.07, 6.45) is 6.68. The smallest absolute Gasteiger partial charge is 0.324 e. The second-order valence-corrected chi connectivity index (χ2v) is 14.6. The highest BCUT2D eigenvalue weighted by molar-refractivity contribution is 7.92. The molecule has 2 N–H and O–H groups in total. The number of imide groups is 1. The van der Waals surface area contributed by atoms with Gasteiger partial charge in [-0.15, -0.1) is 0 Å². The van der Waals surface area contributed by atoms with Gasteiger partial charge >= 0.3 is 6.03 Å². The molecule has 41 heavy (non-hydrogen) atoms. The van der Waals surface area contributed by atoms with Gasteiger partial charge < -0.3 is 10.6 Å². The summed E-state index contributed by atoms with van der Waals surface area (Å²) in [6, 6.07) is 3.32. The van der Waals surface area contributed by atoms with E-state index in [1.165, 1.54) is 14.6 Å². The second kappa shape index (κ2) is 10.7. The molecule has 1 saturated carbocycles. The number of hydrogen-bond donors (Lipinski definition) is 2. The number of carbonyl (C=O) groups is 3. The first-order valence-electron chi connectivity index (χ1n) is 14.5. The van der Waals surface area contributed by atoms with Crippen molar-refractivity contribution in [2.45, 2.75) is 90.8 Å². The Morgan fingerprint density at radius 1 is 1.02 bits per heavy atom. The van der Waals surface area contributed by atoms with E-state index in [0.717, 1.165) is 53.8 Å². The SMILES string of the molecule is Cc1cc(CN2C(=O)NC(C)(C)C2=O)cc(C)c1C=CS(=O)(=O)N1CCC2(CC1)N=C(C1CCC(C)CC1)NC2=O. The lowest BCUT2D eigenvalue weighted by Crippen LogP contribution is -2.50. The third-order valence-corrected chi connectivity index (χ3v) is 10.7. The lowest BCUT2D eigenvalue weighted by molar-refractivity contribution is -0.130. The Labute approximate surface area is 242 Å². The minimum atomic E-state index is -3.71. The number of rotatable bonds is 6. The van der Waals surface area contributed by atoms with Crippen molar-refractivity contribution in [2.24, 2.45) is 16.8 Å². The molecule has 0 aromatic heterocycles. The van der Waals surface area contributed by atoms with Crippen molar-refractivity contribution >= 4 is 39.8 Å². The van der Waals surface area contributed by atoms with Gasteiger partial charge in [0.2, 0.25) is 10.0 Å². The summed E-state index contributed by atoms with van der Waals surface area (Å²) in [5.41, 5.74) is 1.46. The van der Waals surface area contributed by atoms with Crippen LogP contribution in [0.4, 0.5) is 4.79 Å². The zero-order valence-corrected chi connectivity index (χ0v) is 25.4. The fourth-order valence-corrected chi connectivity index (χ4v) is 7.69. The number of carbonyl (C=O) groups excluding carboxylic acids is 3. The molecule has 5 rings (SSSR count). The summed E-state index contributed by atoms with van der Waals surface area (Å²) in [4.78, 5) is 43.9. The summed E-state index contributed by atoms with van der Waals surface area (Å²) in [5.74, 6) is 1.42. The summed E-state index contributed by atoms with van der Waals surface area (Å²) in [5, 5.41) is 6.95. The molecule has 11 heteroatoms. The number of hydrogen-bond acceptors (Lipinski definition) is 6. The molecule has 0 bridgehead atoms. The maximum absolute atomic E-state index is 13.3. The molecule has 2 saturated heterocycles. The number of amides is 4. The highest BCUT2D eigenvalue weighted by Crippen LogP contribution is 2.36. The predicted octanol–water partition coefficient (Wildman–Crippen LogP) is 3.62. The molecule has 4 aliphatic rings. The van der Waals surface area contributed by atoms with Crippen molar-refractivity contribution in [1.29, 1.82) is 0 Å². The Balaban J connectivity index is 1.24. The van der Waals surface area contributed by atoms with Crippen molar-refractivity contribution in [2.75, 3.05) is 13.1 Å². The van der Waals surface area contributed by atoms with Gasteiger partial charge in [-0.1, -0.05) is 31.9 Å². The van der Waals surface area contributed by atoms with E-state index in [-0.39, 0.29) is 37.4 Å². The zero-order chi connectivity index (χ0) is 29.7. The van der Waals surface area contributed by atoms with Crippen LogP contribution >= 0.6 is 0 Å². The van der Waals surface area contributed by atoms with Gasteiger partial charge in [0, 0.05) is 24.4 Å². The van der Waals surface area contributed by atoms with E-state index < -0.39 is 27.1 Å². The molecule has 0 radical (unpaired) electrons. The third kappa shape index (κ3) is 5.70. The molecule has 4 amide bonds. The van der Waals surface area contributed by atoms with Gasteiger partial charge in [0.15, 0.2) is 0 Å². The lowest BCUT2D eigenvalue weighted by Gasteiger charge is -2.34. The topological polar surface area (TPSA) is 128 Å². The molecule has 1 aromatic rings.